The Bertz CT molecular complexity index is 860. The Labute approximate surface area is 289 Å². The molecule has 6 heteroatoms. The van der Waals surface area contributed by atoms with Gasteiger partial charge < -0.3 is 15.2 Å². The highest BCUT2D eigenvalue weighted by atomic mass is 16.5. The second-order valence-electron chi connectivity index (χ2n) is 12.8. The number of allylic oxidation sites excluding steroid dienone is 8. The first-order valence-corrected chi connectivity index (χ1v) is 19.3. The zero-order valence-electron chi connectivity index (χ0n) is 30.4. The van der Waals surface area contributed by atoms with E-state index in [0.717, 1.165) is 89.9 Å². The van der Waals surface area contributed by atoms with Gasteiger partial charge in [-0.2, -0.15) is 0 Å². The summed E-state index contributed by atoms with van der Waals surface area (Å²) in [6, 6.07) is 0. The summed E-state index contributed by atoms with van der Waals surface area (Å²) in [4.78, 5) is 34.9. The van der Waals surface area contributed by atoms with Crippen LogP contribution in [0.1, 0.15) is 181 Å². The lowest BCUT2D eigenvalue weighted by molar-refractivity contribution is -0.150. The largest absolute Gasteiger partial charge is 0.480 e. The minimum Gasteiger partial charge on any atom is -0.480 e. The lowest BCUT2D eigenvalue weighted by Crippen LogP contribution is -2.28. The molecule has 0 rings (SSSR count). The number of esters is 1. The third-order valence-electron chi connectivity index (χ3n) is 8.22. The van der Waals surface area contributed by atoms with Crippen LogP contribution in [0.25, 0.3) is 0 Å². The van der Waals surface area contributed by atoms with E-state index in [9.17, 15) is 14.4 Å². The van der Waals surface area contributed by atoms with Gasteiger partial charge in [-0.3, -0.25) is 14.4 Å². The minimum absolute atomic E-state index is 0.0237. The van der Waals surface area contributed by atoms with E-state index in [1.807, 2.05) is 0 Å². The summed E-state index contributed by atoms with van der Waals surface area (Å²) in [6.07, 6.45) is 45.1. The highest BCUT2D eigenvalue weighted by molar-refractivity contribution is 5.80. The van der Waals surface area contributed by atoms with Gasteiger partial charge in [-0.1, -0.05) is 127 Å². The Morgan fingerprint density at radius 3 is 1.62 bits per heavy atom. The van der Waals surface area contributed by atoms with Crippen LogP contribution in [0.15, 0.2) is 48.6 Å². The van der Waals surface area contributed by atoms with Crippen molar-refractivity contribution in [3.8, 4) is 0 Å². The smallest absolute Gasteiger partial charge is 0.322 e. The average molecular weight is 658 g/mol. The molecule has 0 radical (unpaired) electrons. The average Bonchev–Trinajstić information content (AvgIpc) is 3.05. The predicted octanol–water partition coefficient (Wildman–Crippen LogP) is 11.5. The molecule has 6 nitrogen and oxygen atoms in total. The predicted molar refractivity (Wildman–Crippen MR) is 198 cm³/mol. The summed E-state index contributed by atoms with van der Waals surface area (Å²) in [5.74, 6) is -1.28. The van der Waals surface area contributed by atoms with Gasteiger partial charge in [-0.25, -0.2) is 0 Å². The first-order valence-electron chi connectivity index (χ1n) is 19.3. The van der Waals surface area contributed by atoms with E-state index in [1.54, 1.807) is 0 Å². The van der Waals surface area contributed by atoms with Crippen LogP contribution in [0.4, 0.5) is 0 Å². The fourth-order valence-electron chi connectivity index (χ4n) is 5.33. The van der Waals surface area contributed by atoms with Crippen molar-refractivity contribution < 1.29 is 24.2 Å². The maximum absolute atomic E-state index is 12.7. The second-order valence-corrected chi connectivity index (χ2v) is 12.8. The van der Waals surface area contributed by atoms with Crippen LogP contribution in [0.2, 0.25) is 0 Å². The number of hydrogen-bond donors (Lipinski definition) is 2. The SMILES string of the molecule is CCCC/C=C\C/C=C\CCCCCCCC(=O)OC(CCC/C=C\C/C=C\CCCCC)CCCCCCCC(=O)NCC(=O)O. The number of carboxylic acids is 1. The van der Waals surface area contributed by atoms with Gasteiger partial charge in [-0.05, 0) is 89.9 Å². The van der Waals surface area contributed by atoms with E-state index in [0.29, 0.717) is 12.8 Å². The van der Waals surface area contributed by atoms with Gasteiger partial charge in [0.1, 0.15) is 12.6 Å². The number of rotatable bonds is 34. The molecule has 0 bridgehead atoms. The minimum atomic E-state index is -1.02. The van der Waals surface area contributed by atoms with Gasteiger partial charge in [0, 0.05) is 12.8 Å². The van der Waals surface area contributed by atoms with Gasteiger partial charge in [0.2, 0.25) is 5.91 Å². The molecule has 47 heavy (non-hydrogen) atoms. The zero-order valence-corrected chi connectivity index (χ0v) is 30.4. The molecule has 1 unspecified atom stereocenters. The first-order chi connectivity index (χ1) is 23.0. The molecule has 1 atom stereocenters. The lowest BCUT2D eigenvalue weighted by atomic mass is 10.0. The van der Waals surface area contributed by atoms with Gasteiger partial charge >= 0.3 is 11.9 Å². The van der Waals surface area contributed by atoms with Crippen molar-refractivity contribution in [1.29, 1.82) is 0 Å². The van der Waals surface area contributed by atoms with Crippen molar-refractivity contribution in [2.45, 2.75) is 187 Å². The van der Waals surface area contributed by atoms with Gasteiger partial charge in [0.15, 0.2) is 0 Å². The van der Waals surface area contributed by atoms with Crippen LogP contribution in [-0.2, 0) is 19.1 Å². The molecule has 0 aliphatic carbocycles. The maximum atomic E-state index is 12.7. The molecule has 0 aliphatic heterocycles. The van der Waals surface area contributed by atoms with Crippen molar-refractivity contribution in [2.75, 3.05) is 6.54 Å². The molecule has 0 aromatic rings. The number of aliphatic carboxylic acids is 1. The molecule has 0 saturated heterocycles. The summed E-state index contributed by atoms with van der Waals surface area (Å²) in [5.41, 5.74) is 0. The van der Waals surface area contributed by atoms with E-state index in [-0.39, 0.29) is 24.5 Å². The Morgan fingerprint density at radius 2 is 1.02 bits per heavy atom. The Morgan fingerprint density at radius 1 is 0.553 bits per heavy atom. The normalized spacial score (nSPS) is 12.6. The number of hydrogen-bond acceptors (Lipinski definition) is 4. The van der Waals surface area contributed by atoms with Crippen molar-refractivity contribution in [3.05, 3.63) is 48.6 Å². The van der Waals surface area contributed by atoms with E-state index in [1.165, 1.54) is 64.2 Å². The van der Waals surface area contributed by atoms with Crippen LogP contribution in [0.3, 0.4) is 0 Å². The number of carbonyl (C=O) groups excluding carboxylic acids is 2. The monoisotopic (exact) mass is 658 g/mol. The number of carbonyl (C=O) groups is 3. The van der Waals surface area contributed by atoms with Crippen LogP contribution < -0.4 is 5.32 Å². The molecule has 0 saturated carbocycles. The van der Waals surface area contributed by atoms with E-state index < -0.39 is 5.97 Å². The molecule has 1 amide bonds. The summed E-state index contributed by atoms with van der Waals surface area (Å²) in [5, 5.41) is 11.1. The standard InChI is InChI=1S/C41H71NO5/c1-3-5-7-9-11-13-15-16-17-19-21-23-28-32-36-41(46)47-38(33-29-25-22-20-18-14-12-10-8-6-4-2)34-30-26-24-27-31-35-39(43)42-37-40(44)45/h9,11-12,14-16,20,22,38H,3-8,10,13,17-19,21,23-37H2,1-2H3,(H,42,43)(H,44,45)/b11-9-,14-12-,16-15-,22-20-. The topological polar surface area (TPSA) is 92.7 Å². The Balaban J connectivity index is 4.28. The fourth-order valence-corrected chi connectivity index (χ4v) is 5.33. The number of ether oxygens (including phenoxy) is 1. The molecule has 2 N–H and O–H groups in total. The fraction of sp³-hybridized carbons (Fsp3) is 0.732. The second kappa shape index (κ2) is 36.2. The van der Waals surface area contributed by atoms with Crippen molar-refractivity contribution in [1.82, 2.24) is 5.32 Å². The van der Waals surface area contributed by atoms with E-state index >= 15 is 0 Å². The van der Waals surface area contributed by atoms with E-state index in [2.05, 4.69) is 67.8 Å². The third kappa shape index (κ3) is 36.1. The summed E-state index contributed by atoms with van der Waals surface area (Å²) < 4.78 is 5.97. The van der Waals surface area contributed by atoms with Crippen LogP contribution in [0, 0.1) is 0 Å². The number of carboxylic acid groups (broad SMARTS) is 1. The first kappa shape index (κ1) is 44.4. The molecular formula is C41H71NO5. The molecule has 270 valence electrons. The lowest BCUT2D eigenvalue weighted by Gasteiger charge is -2.18. The number of nitrogens with one attached hydrogen (secondary N) is 1. The Kier molecular flexibility index (Phi) is 34.2. The van der Waals surface area contributed by atoms with Crippen LogP contribution >= 0.6 is 0 Å². The molecule has 0 aromatic carbocycles. The maximum Gasteiger partial charge on any atom is 0.322 e. The quantitative estimate of drug-likeness (QED) is 0.0408. The zero-order chi connectivity index (χ0) is 34.5. The van der Waals surface area contributed by atoms with Gasteiger partial charge in [0.05, 0.1) is 0 Å². The van der Waals surface area contributed by atoms with Crippen molar-refractivity contribution in [2.24, 2.45) is 0 Å². The van der Waals surface area contributed by atoms with E-state index in [4.69, 9.17) is 9.84 Å². The molecule has 0 aliphatic rings. The van der Waals surface area contributed by atoms with Crippen molar-refractivity contribution in [3.63, 3.8) is 0 Å². The molecule has 0 spiro atoms. The highest BCUT2D eigenvalue weighted by Gasteiger charge is 2.14. The summed E-state index contributed by atoms with van der Waals surface area (Å²) in [6.45, 7) is 4.14. The molecule has 0 heterocycles. The highest BCUT2D eigenvalue weighted by Crippen LogP contribution is 2.17. The summed E-state index contributed by atoms with van der Waals surface area (Å²) in [7, 11) is 0. The molecule has 0 aromatic heterocycles. The van der Waals surface area contributed by atoms with Crippen molar-refractivity contribution >= 4 is 17.8 Å². The van der Waals surface area contributed by atoms with Crippen LogP contribution in [0.5, 0.6) is 0 Å². The van der Waals surface area contributed by atoms with Gasteiger partial charge in [0.25, 0.3) is 0 Å². The Hall–Kier alpha value is -2.63. The third-order valence-corrected chi connectivity index (χ3v) is 8.22. The number of amides is 1. The molecular weight excluding hydrogens is 586 g/mol. The summed E-state index contributed by atoms with van der Waals surface area (Å²) >= 11 is 0. The molecule has 0 fully saturated rings. The van der Waals surface area contributed by atoms with Crippen LogP contribution in [-0.4, -0.2) is 35.6 Å². The van der Waals surface area contributed by atoms with Gasteiger partial charge in [-0.15, -0.1) is 0 Å². The number of unbranched alkanes of at least 4 members (excludes halogenated alkanes) is 15.